The molecular formula is H4ClNOZn. The van der Waals surface area contributed by atoms with Crippen LogP contribution in [-0.2, 0) is 19.5 Å². The smallest absolute Gasteiger partial charge is 0 e. The Balaban J connectivity index is -0.00000000500. The third kappa shape index (κ3) is 13.7. The van der Waals surface area contributed by atoms with E-state index in [4.69, 9.17) is 5.21 Å². The number of rotatable bonds is 0. The molecule has 0 aromatic carbocycles. The zero-order valence-electron chi connectivity index (χ0n) is 2.14. The number of nitrogens with two attached hydrogens (primary N) is 1. The van der Waals surface area contributed by atoms with Crippen molar-refractivity contribution in [2.45, 2.75) is 0 Å². The van der Waals surface area contributed by atoms with Crippen molar-refractivity contribution in [2.24, 2.45) is 5.90 Å². The van der Waals surface area contributed by atoms with Crippen LogP contribution in [-0.4, -0.2) is 5.21 Å². The van der Waals surface area contributed by atoms with Crippen molar-refractivity contribution in [1.82, 2.24) is 0 Å². The first-order valence-corrected chi connectivity index (χ1v) is 0.258. The molecule has 2 nitrogen and oxygen atoms in total. The number of hydrogen-bond acceptors (Lipinski definition) is 2. The monoisotopic (exact) mass is 133 g/mol. The predicted molar refractivity (Wildman–Crippen MR) is 13.2 cm³/mol. The minimum Gasteiger partial charge on any atom is -0.320 e. The summed E-state index contributed by atoms with van der Waals surface area (Å²) in [5.41, 5.74) is 0. The summed E-state index contributed by atoms with van der Waals surface area (Å²) < 4.78 is 0. The summed E-state index contributed by atoms with van der Waals surface area (Å²) in [5.74, 6) is 3.50. The first-order valence-electron chi connectivity index (χ1n) is 0.258. The van der Waals surface area contributed by atoms with Gasteiger partial charge in [0.15, 0.2) is 0 Å². The Hall–Kier alpha value is 0.833. The van der Waals surface area contributed by atoms with E-state index in [-0.39, 0.29) is 31.9 Å². The average Bonchev–Trinajstić information content (AvgIpc) is 1.00. The molecule has 0 radical (unpaired) electrons. The van der Waals surface area contributed by atoms with Gasteiger partial charge in [-0.25, -0.2) is 5.90 Å². The van der Waals surface area contributed by atoms with Crippen LogP contribution in [0.5, 0.6) is 0 Å². The molecule has 0 heterocycles. The molecule has 0 aliphatic heterocycles. The summed E-state index contributed by atoms with van der Waals surface area (Å²) in [5, 5.41) is 6.50. The van der Waals surface area contributed by atoms with E-state index in [1.807, 2.05) is 0 Å². The summed E-state index contributed by atoms with van der Waals surface area (Å²) in [4.78, 5) is 0. The zero-order chi connectivity index (χ0) is 2.00. The normalized spacial score (nSPS) is 1.50. The van der Waals surface area contributed by atoms with Crippen molar-refractivity contribution in [1.29, 1.82) is 0 Å². The molecule has 0 bridgehead atoms. The van der Waals surface area contributed by atoms with Crippen molar-refractivity contribution in [2.75, 3.05) is 0 Å². The molecular weight excluding hydrogens is 131 g/mol. The summed E-state index contributed by atoms with van der Waals surface area (Å²) in [6.45, 7) is 0. The second-order valence-corrected chi connectivity index (χ2v) is 0. The topological polar surface area (TPSA) is 46.2 Å². The Morgan fingerprint density at radius 1 is 1.25 bits per heavy atom. The van der Waals surface area contributed by atoms with Crippen LogP contribution in [0.2, 0.25) is 0 Å². The van der Waals surface area contributed by atoms with Crippen LogP contribution in [0.1, 0.15) is 0 Å². The van der Waals surface area contributed by atoms with E-state index in [0.29, 0.717) is 0 Å². The first kappa shape index (κ1) is 21.1. The molecule has 0 atom stereocenters. The van der Waals surface area contributed by atoms with Gasteiger partial charge in [0.25, 0.3) is 0 Å². The maximum absolute atomic E-state index is 6.50. The largest absolute Gasteiger partial charge is 0.320 e. The van der Waals surface area contributed by atoms with Crippen molar-refractivity contribution < 1.29 is 24.7 Å². The Morgan fingerprint density at radius 3 is 1.25 bits per heavy atom. The zero-order valence-corrected chi connectivity index (χ0v) is 5.92. The standard InChI is InChI=1S/ClH.H3NO.Zn/c;1-2;/h1H;2H,1H2;. The minimum atomic E-state index is 0. The van der Waals surface area contributed by atoms with Gasteiger partial charge in [-0.1, -0.05) is 0 Å². The molecule has 0 spiro atoms. The van der Waals surface area contributed by atoms with Crippen LogP contribution >= 0.6 is 12.4 Å². The second kappa shape index (κ2) is 44.3. The maximum Gasteiger partial charge on any atom is 0 e. The molecule has 0 fully saturated rings. The molecule has 24 valence electrons. The quantitative estimate of drug-likeness (QED) is 0.355. The summed E-state index contributed by atoms with van der Waals surface area (Å²) in [6, 6.07) is 0. The van der Waals surface area contributed by atoms with Gasteiger partial charge in [-0.3, -0.25) is 0 Å². The van der Waals surface area contributed by atoms with Crippen LogP contribution in [0, 0.1) is 0 Å². The van der Waals surface area contributed by atoms with Gasteiger partial charge < -0.3 is 5.21 Å². The van der Waals surface area contributed by atoms with Gasteiger partial charge in [-0.2, -0.15) is 0 Å². The van der Waals surface area contributed by atoms with E-state index < -0.39 is 0 Å². The van der Waals surface area contributed by atoms with E-state index >= 15 is 0 Å². The molecule has 0 unspecified atom stereocenters. The maximum atomic E-state index is 6.50. The second-order valence-electron chi connectivity index (χ2n) is 0. The van der Waals surface area contributed by atoms with Crippen molar-refractivity contribution in [3.05, 3.63) is 0 Å². The third-order valence-electron chi connectivity index (χ3n) is 0. The van der Waals surface area contributed by atoms with Crippen molar-refractivity contribution in [3.8, 4) is 0 Å². The minimum absolute atomic E-state index is 0. The first-order chi connectivity index (χ1) is 1.00. The third-order valence-corrected chi connectivity index (χ3v) is 0. The van der Waals surface area contributed by atoms with E-state index in [1.54, 1.807) is 0 Å². The molecule has 3 N–H and O–H groups in total. The van der Waals surface area contributed by atoms with Gasteiger partial charge in [-0.05, 0) is 0 Å². The van der Waals surface area contributed by atoms with Crippen LogP contribution in [0.15, 0.2) is 0 Å². The Kier molecular flexibility index (Phi) is 234. The Labute approximate surface area is 43.5 Å². The summed E-state index contributed by atoms with van der Waals surface area (Å²) in [7, 11) is 0. The van der Waals surface area contributed by atoms with Crippen LogP contribution in [0.4, 0.5) is 0 Å². The fourth-order valence-electron chi connectivity index (χ4n) is 0. The summed E-state index contributed by atoms with van der Waals surface area (Å²) >= 11 is 0. The van der Waals surface area contributed by atoms with Crippen molar-refractivity contribution >= 4 is 12.4 Å². The Bertz CT molecular complexity index is 8.00. The molecule has 0 aromatic heterocycles. The van der Waals surface area contributed by atoms with E-state index in [1.165, 1.54) is 0 Å². The molecule has 0 saturated heterocycles. The number of halogens is 1. The summed E-state index contributed by atoms with van der Waals surface area (Å²) in [6.07, 6.45) is 0. The van der Waals surface area contributed by atoms with Gasteiger partial charge in [0, 0.05) is 19.5 Å². The molecule has 0 aliphatic rings. The van der Waals surface area contributed by atoms with Crippen LogP contribution in [0.3, 0.4) is 0 Å². The van der Waals surface area contributed by atoms with Gasteiger partial charge in [0.2, 0.25) is 0 Å². The fourth-order valence-corrected chi connectivity index (χ4v) is 0. The van der Waals surface area contributed by atoms with Crippen LogP contribution in [0.25, 0.3) is 0 Å². The average molecular weight is 135 g/mol. The van der Waals surface area contributed by atoms with Crippen molar-refractivity contribution in [3.63, 3.8) is 0 Å². The fraction of sp³-hybridized carbons (Fsp3) is 0. The molecule has 0 aromatic rings. The molecule has 0 saturated carbocycles. The molecule has 0 amide bonds. The SMILES string of the molecule is Cl.NO.[Zn]. The van der Waals surface area contributed by atoms with Gasteiger partial charge in [0.1, 0.15) is 0 Å². The van der Waals surface area contributed by atoms with E-state index in [0.717, 1.165) is 0 Å². The molecule has 4 heavy (non-hydrogen) atoms. The molecule has 0 aliphatic carbocycles. The van der Waals surface area contributed by atoms with Gasteiger partial charge >= 0.3 is 0 Å². The molecule has 0 rings (SSSR count). The van der Waals surface area contributed by atoms with Gasteiger partial charge in [-0.15, -0.1) is 12.4 Å². The predicted octanol–water partition coefficient (Wildman–Crippen LogP) is -0.246. The van der Waals surface area contributed by atoms with E-state index in [9.17, 15) is 0 Å². The number of hydrogen-bond donors (Lipinski definition) is 2. The molecule has 4 heteroatoms. The Morgan fingerprint density at radius 2 is 1.25 bits per heavy atom. The van der Waals surface area contributed by atoms with E-state index in [2.05, 4.69) is 5.90 Å². The van der Waals surface area contributed by atoms with Crippen LogP contribution < -0.4 is 5.90 Å². The van der Waals surface area contributed by atoms with Gasteiger partial charge in [0.05, 0.1) is 0 Å².